The first-order chi connectivity index (χ1) is 52.2. The molecule has 0 fully saturated rings. The van der Waals surface area contributed by atoms with E-state index >= 15 is 0 Å². The van der Waals surface area contributed by atoms with Gasteiger partial charge < -0.3 is 37.6 Å². The lowest BCUT2D eigenvalue weighted by Crippen LogP contribution is -2.42. The van der Waals surface area contributed by atoms with Gasteiger partial charge in [0.05, 0.1) is 99.9 Å². The average molecular weight is 1450 g/mol. The number of benzene rings is 6. The van der Waals surface area contributed by atoms with Crippen LogP contribution in [-0.4, -0.2) is 112 Å². The highest BCUT2D eigenvalue weighted by atomic mass is 28.4. The summed E-state index contributed by atoms with van der Waals surface area (Å²) in [5.41, 5.74) is 12.1. The van der Waals surface area contributed by atoms with E-state index in [-0.39, 0.29) is 11.0 Å². The van der Waals surface area contributed by atoms with Crippen LogP contribution in [0.4, 0.5) is 0 Å². The van der Waals surface area contributed by atoms with Crippen LogP contribution >= 0.6 is 0 Å². The number of carbonyl (C=O) groups excluding carboxylic acids is 1. The first-order valence-corrected chi connectivity index (χ1v) is 40.3. The third-order valence-corrected chi connectivity index (χ3v) is 23.8. The van der Waals surface area contributed by atoms with Gasteiger partial charge in [0.25, 0.3) is 0 Å². The molecule has 0 amide bonds. The molecule has 5 aliphatic heterocycles. The third-order valence-electron chi connectivity index (χ3n) is 19.3. The number of carbonyl (C=O) groups is 1. The molecule has 0 spiro atoms. The quantitative estimate of drug-likeness (QED) is 0.103. The summed E-state index contributed by atoms with van der Waals surface area (Å²) in [6, 6.07) is 71.8. The molecule has 18 nitrogen and oxygen atoms in total. The smallest absolute Gasteiger partial charge is 0.323 e. The second-order valence-electron chi connectivity index (χ2n) is 28.5. The van der Waals surface area contributed by atoms with Crippen LogP contribution in [0.5, 0.6) is 34.5 Å². The molecule has 5 aliphatic rings. The molecular formula is C88H97N9O9Si. The molecule has 19 heteroatoms. The predicted octanol–water partition coefficient (Wildman–Crippen LogP) is 18.4. The van der Waals surface area contributed by atoms with Crippen LogP contribution in [0.3, 0.4) is 0 Å². The van der Waals surface area contributed by atoms with Gasteiger partial charge in [-0.3, -0.25) is 9.69 Å². The Labute approximate surface area is 630 Å². The Hall–Kier alpha value is -10.9. The molecule has 0 radical (unpaired) electrons. The number of fused-ring (bicyclic) bond motifs is 12. The Morgan fingerprint density at radius 3 is 1.69 bits per heavy atom. The fraction of sp³-hybridized carbons (Fsp3) is 0.330. The van der Waals surface area contributed by atoms with Crippen LogP contribution in [-0.2, 0) is 40.1 Å². The number of esters is 1. The van der Waals surface area contributed by atoms with Gasteiger partial charge in [-0.2, -0.15) is 0 Å². The molecule has 0 aliphatic carbocycles. The summed E-state index contributed by atoms with van der Waals surface area (Å²) in [5.74, 6) is 4.40. The Kier molecular flexibility index (Phi) is 26.8. The molecule has 9 heterocycles. The monoisotopic (exact) mass is 1450 g/mol. The zero-order chi connectivity index (χ0) is 74.1. The van der Waals surface area contributed by atoms with E-state index in [1.54, 1.807) is 9.36 Å². The fourth-order valence-electron chi connectivity index (χ4n) is 12.2. The highest BCUT2D eigenvalue weighted by molar-refractivity contribution is 6.74. The molecule has 16 rings (SSSR count). The zero-order valence-electron chi connectivity index (χ0n) is 62.4. The summed E-state index contributed by atoms with van der Waals surface area (Å²) in [7, 11) is -0.482. The van der Waals surface area contributed by atoms with Crippen molar-refractivity contribution >= 4 is 25.9 Å². The summed E-state index contributed by atoms with van der Waals surface area (Å²) >= 11 is 0. The van der Waals surface area contributed by atoms with E-state index in [0.717, 1.165) is 167 Å². The minimum absolute atomic E-state index is 0.122. The Bertz CT molecular complexity index is 4500. The second-order valence-corrected chi connectivity index (χ2v) is 33.3. The molecule has 0 N–H and O–H groups in total. The summed E-state index contributed by atoms with van der Waals surface area (Å²) in [6.07, 6.45) is 17.3. The highest BCUT2D eigenvalue weighted by Crippen LogP contribution is 2.38. The zero-order valence-corrected chi connectivity index (χ0v) is 63.4. The Morgan fingerprint density at radius 2 is 1.06 bits per heavy atom. The number of ether oxygens (including phenoxy) is 7. The summed E-state index contributed by atoms with van der Waals surface area (Å²) in [5, 5.41) is 18.2. The standard InChI is InChI=1S/C47H54N6O5Si.C41H43N3O4/c1-47(2,3)59(4,5)58-35-37-27-42-32-43(28-37)57-26-14-8-12-24-55-41-22-16-20-39(31-41)53-34-46(49-51-53)44(29-36-17-9-6-10-18-36)45-33-52(50-48-45)38-19-15-21-40(30-38)54-23-11-7-13-25-56-42;1-46-41(45)40(28-31-12-6-5-7-13-31)44-29-32-18-22-35(23-19-32)47-26-8-3-2-4-9-27-48-36-24-20-33(21-25-36)37-15-11-17-39(43-37)38-16-10-14-34(30-44)42-38/h6,9-10,15,17-21,27-34H,7-8,11-14,23-26,35H2,1-5H3;5-7,10-25,40H,2-4,8-9,26-30H2,1H3/b44-29+;/t;40-/m.0/s1. The SMILES string of the molecule is CC(C)(C)[Si](C)(C)OCc1cc2cc(c1)OCCCCCOc1cccc(c1)-n1cc(nn1)/C(=C\c1ccccc1)c1cn(nn1)-c1cc#cc(c1)OCCCCCO2.COC(=O)[C@H](Cc1ccccc1)N1Cc2ccc(cc2)OCCCCCCCOc2ccc(cc2)-c2cccc(n2)-c2cccc(n2)C1. The van der Waals surface area contributed by atoms with Gasteiger partial charge in [0.2, 0.25) is 0 Å². The summed E-state index contributed by atoms with van der Waals surface area (Å²) < 4.78 is 52.3. The molecule has 0 unspecified atom stereocenters. The maximum Gasteiger partial charge on any atom is 0.323 e. The van der Waals surface area contributed by atoms with Gasteiger partial charge in [-0.15, -0.1) is 10.2 Å². The van der Waals surface area contributed by atoms with Crippen LogP contribution in [0.25, 0.3) is 45.7 Å². The first kappa shape index (κ1) is 75.8. The number of aromatic nitrogens is 8. The lowest BCUT2D eigenvalue weighted by molar-refractivity contribution is -0.147. The topological polar surface area (TPSA) is 181 Å². The van der Waals surface area contributed by atoms with E-state index < -0.39 is 14.4 Å². The van der Waals surface area contributed by atoms with E-state index in [2.05, 4.69) is 108 Å². The minimum atomic E-state index is -1.94. The molecule has 552 valence electrons. The van der Waals surface area contributed by atoms with Gasteiger partial charge in [-0.1, -0.05) is 148 Å². The number of methoxy groups -OCH3 is 1. The van der Waals surface area contributed by atoms with Gasteiger partial charge >= 0.3 is 5.97 Å². The van der Waals surface area contributed by atoms with Crippen LogP contribution in [0.15, 0.2) is 213 Å². The van der Waals surface area contributed by atoms with Gasteiger partial charge in [0, 0.05) is 48.5 Å². The number of hydrogen-bond donors (Lipinski definition) is 0. The molecule has 11 aromatic rings. The van der Waals surface area contributed by atoms with Crippen LogP contribution in [0.1, 0.15) is 131 Å². The normalized spacial score (nSPS) is 15.3. The average Bonchev–Trinajstić information content (AvgIpc) is 1.74. The van der Waals surface area contributed by atoms with Crippen molar-refractivity contribution in [3.8, 4) is 68.5 Å². The maximum absolute atomic E-state index is 13.4. The lowest BCUT2D eigenvalue weighted by Gasteiger charge is -2.36. The molecule has 7 aromatic carbocycles. The van der Waals surface area contributed by atoms with E-state index in [0.29, 0.717) is 82.9 Å². The lowest BCUT2D eigenvalue weighted by atomic mass is 10.0. The van der Waals surface area contributed by atoms with Gasteiger partial charge in [0.15, 0.2) is 14.1 Å². The molecular weight excluding hydrogens is 1360 g/mol. The van der Waals surface area contributed by atoms with Crippen molar-refractivity contribution in [1.29, 1.82) is 0 Å². The van der Waals surface area contributed by atoms with Crippen molar-refractivity contribution in [2.24, 2.45) is 0 Å². The Morgan fingerprint density at radius 1 is 0.514 bits per heavy atom. The molecule has 0 saturated carbocycles. The van der Waals surface area contributed by atoms with E-state index in [1.807, 2.05) is 182 Å². The maximum atomic E-state index is 13.4. The van der Waals surface area contributed by atoms with Gasteiger partial charge in [-0.05, 0) is 195 Å². The molecule has 4 aromatic heterocycles. The minimum Gasteiger partial charge on any atom is -0.494 e. The highest BCUT2D eigenvalue weighted by Gasteiger charge is 2.37. The second kappa shape index (κ2) is 37.9. The number of pyridine rings is 2. The van der Waals surface area contributed by atoms with Crippen molar-refractivity contribution in [2.45, 2.75) is 142 Å². The van der Waals surface area contributed by atoms with Crippen molar-refractivity contribution in [1.82, 2.24) is 44.9 Å². The van der Waals surface area contributed by atoms with Crippen LogP contribution in [0, 0.1) is 12.1 Å². The summed E-state index contributed by atoms with van der Waals surface area (Å²) in [6.45, 7) is 16.6. The molecule has 1 atom stereocenters. The first-order valence-electron chi connectivity index (χ1n) is 37.4. The predicted molar refractivity (Wildman–Crippen MR) is 421 cm³/mol. The molecule has 18 bridgehead atoms. The number of rotatable bonds is 8. The molecule has 0 saturated heterocycles. The van der Waals surface area contributed by atoms with E-state index in [1.165, 1.54) is 7.11 Å². The number of hydrogen-bond acceptors (Lipinski definition) is 16. The molecule has 107 heavy (non-hydrogen) atoms. The van der Waals surface area contributed by atoms with Crippen molar-refractivity contribution in [3.63, 3.8) is 0 Å². The largest absolute Gasteiger partial charge is 0.494 e. The van der Waals surface area contributed by atoms with Gasteiger partial charge in [-0.25, -0.2) is 19.3 Å². The fourth-order valence-corrected chi connectivity index (χ4v) is 13.2. The van der Waals surface area contributed by atoms with Crippen molar-refractivity contribution in [2.75, 3.05) is 46.8 Å². The van der Waals surface area contributed by atoms with Crippen LogP contribution in [0.2, 0.25) is 18.1 Å². The van der Waals surface area contributed by atoms with Crippen LogP contribution < -0.4 is 28.4 Å². The van der Waals surface area contributed by atoms with Gasteiger partial charge in [0.1, 0.15) is 46.2 Å². The Balaban J connectivity index is 0.000000204. The summed E-state index contributed by atoms with van der Waals surface area (Å²) in [4.78, 5) is 25.5. The third kappa shape index (κ3) is 22.3. The van der Waals surface area contributed by atoms with E-state index in [9.17, 15) is 4.79 Å². The van der Waals surface area contributed by atoms with Crippen molar-refractivity contribution in [3.05, 3.63) is 264 Å². The number of nitrogens with zero attached hydrogens (tertiary/aromatic N) is 9. The van der Waals surface area contributed by atoms with Crippen molar-refractivity contribution < 1.29 is 42.4 Å². The van der Waals surface area contributed by atoms with E-state index in [4.69, 9.17) is 47.6 Å².